The summed E-state index contributed by atoms with van der Waals surface area (Å²) in [6.07, 6.45) is 84.3. The number of ether oxygens (including phenoxy) is 6. The predicted molar refractivity (Wildman–Crippen MR) is 532 cm³/mol. The topological polar surface area (TPSA) is 158 Å². The van der Waals surface area contributed by atoms with Crippen LogP contribution < -0.4 is 0 Å². The second-order valence-electron chi connectivity index (χ2n) is 50.1. The van der Waals surface area contributed by atoms with Crippen LogP contribution in [0, 0.1) is 166 Å². The van der Waals surface area contributed by atoms with Crippen LogP contribution in [0.3, 0.4) is 0 Å². The largest absolute Gasteiger partial charge is 0.462 e. The number of cyclic esters (lactones) is 6. The Hall–Kier alpha value is -3.18. The standard InChI is InChI=1S/4C22H38O2.2C15H26O2/c1-15-4-8-18(9-5-15)14-20-12-13-21(22(23)24-20)17(3)19-10-6-16(2)7-11-19;1-15-4-7-18(8-5-15)14-19-9-11-20(12-10-19)17(3)21-13-6-16(2)22(23)24-21;1-16-3-7-18(8-4-16)11-13-21-14-12-20(22(23)24-21)15-19-9-5-17(2)6-10-19;1-16-3-6-19(7-4-16)15-20-10-8-18(9-11-20)12-14-21-13-5-17(2)24-22(21)23;1-11-3-6-13(7-4-11)8-10-14-9-5-12(2)17-15(14)16;1-11-3-6-13(7-4-11)8-10-14-9-5-12(2)15(16)17-14/h2*15-21H,4-14H2,1-3H3;2*16-21H,3-15H2,1-2H3;2*11-14H,3-10H2,1-2H3. The molecule has 14 unspecified atom stereocenters. The summed E-state index contributed by atoms with van der Waals surface area (Å²) in [6, 6.07) is 0. The van der Waals surface area contributed by atoms with Crippen molar-refractivity contribution in [1.29, 1.82) is 0 Å². The van der Waals surface area contributed by atoms with E-state index in [1.165, 1.54) is 295 Å². The fraction of sp³-hybridized carbons (Fsp3) is 0.949. The Morgan fingerprint density at radius 1 is 0.200 bits per heavy atom. The Labute approximate surface area is 798 Å². The van der Waals surface area contributed by atoms with E-state index in [1.807, 2.05) is 27.7 Å². The molecule has 748 valence electrons. The van der Waals surface area contributed by atoms with Crippen LogP contribution in [0.15, 0.2) is 0 Å². The van der Waals surface area contributed by atoms with Crippen LogP contribution in [0.25, 0.3) is 0 Å². The van der Waals surface area contributed by atoms with Crippen molar-refractivity contribution in [2.24, 2.45) is 166 Å². The third-order valence-electron chi connectivity index (χ3n) is 38.9. The number of hydrogen-bond donors (Lipinski definition) is 0. The summed E-state index contributed by atoms with van der Waals surface area (Å²) in [6.45, 7) is 31.7. The van der Waals surface area contributed by atoms with Gasteiger partial charge in [0, 0.05) is 0 Å². The maximum atomic E-state index is 12.6. The number of carbonyl (C=O) groups is 6. The Morgan fingerprint density at radius 2 is 0.469 bits per heavy atom. The minimum atomic E-state index is 0.0264. The lowest BCUT2D eigenvalue weighted by molar-refractivity contribution is -0.166. The van der Waals surface area contributed by atoms with Gasteiger partial charge in [-0.25, -0.2) is 0 Å². The molecule has 0 aromatic heterocycles. The van der Waals surface area contributed by atoms with E-state index in [9.17, 15) is 28.8 Å². The van der Waals surface area contributed by atoms with Crippen LogP contribution in [0.4, 0.5) is 0 Å². The van der Waals surface area contributed by atoms with Gasteiger partial charge in [-0.1, -0.05) is 314 Å². The molecule has 6 aliphatic heterocycles. The van der Waals surface area contributed by atoms with Gasteiger partial charge >= 0.3 is 35.8 Å². The zero-order valence-corrected chi connectivity index (χ0v) is 86.8. The second-order valence-corrected chi connectivity index (χ2v) is 50.1. The van der Waals surface area contributed by atoms with Crippen molar-refractivity contribution in [3.05, 3.63) is 0 Å². The molecule has 16 fully saturated rings. The normalized spacial score (nSPS) is 40.9. The van der Waals surface area contributed by atoms with Gasteiger partial charge in [0.2, 0.25) is 0 Å². The Bertz CT molecular complexity index is 3160. The van der Waals surface area contributed by atoms with Crippen LogP contribution in [0.1, 0.15) is 508 Å². The highest BCUT2D eigenvalue weighted by molar-refractivity contribution is 5.75. The van der Waals surface area contributed by atoms with E-state index < -0.39 is 0 Å². The lowest BCUT2D eigenvalue weighted by Crippen LogP contribution is -2.38. The summed E-state index contributed by atoms with van der Waals surface area (Å²) in [4.78, 5) is 72.0. The first kappa shape index (κ1) is 107. The lowest BCUT2D eigenvalue weighted by atomic mass is 9.70. The molecule has 0 N–H and O–H groups in total. The highest BCUT2D eigenvalue weighted by Gasteiger charge is 2.43. The molecule has 16 aliphatic rings. The minimum Gasteiger partial charge on any atom is -0.462 e. The first-order valence-corrected chi connectivity index (χ1v) is 57.8. The van der Waals surface area contributed by atoms with E-state index in [-0.39, 0.29) is 108 Å². The molecule has 6 heterocycles. The number of carbonyl (C=O) groups excluding carboxylic acids is 6. The van der Waals surface area contributed by atoms with Gasteiger partial charge in [0.25, 0.3) is 0 Å². The molecule has 14 atom stereocenters. The predicted octanol–water partition coefficient (Wildman–Crippen LogP) is 32.1. The summed E-state index contributed by atoms with van der Waals surface area (Å²) in [5, 5.41) is 0. The van der Waals surface area contributed by atoms with Crippen LogP contribution in [-0.2, 0) is 57.2 Å². The third-order valence-corrected chi connectivity index (χ3v) is 38.9. The maximum absolute atomic E-state index is 12.6. The molecular weight excluding hydrogens is 1610 g/mol. The second kappa shape index (κ2) is 56.2. The van der Waals surface area contributed by atoms with E-state index in [2.05, 4.69) is 69.2 Å². The molecule has 0 aromatic carbocycles. The molecule has 6 saturated heterocycles. The molecule has 0 bridgehead atoms. The molecule has 12 nitrogen and oxygen atoms in total. The molecule has 10 saturated carbocycles. The van der Waals surface area contributed by atoms with Gasteiger partial charge in [0.1, 0.15) is 24.4 Å². The van der Waals surface area contributed by atoms with Crippen LogP contribution >= 0.6 is 0 Å². The van der Waals surface area contributed by atoms with E-state index in [0.717, 1.165) is 234 Å². The van der Waals surface area contributed by atoms with Crippen molar-refractivity contribution in [3.63, 3.8) is 0 Å². The van der Waals surface area contributed by atoms with Gasteiger partial charge in [-0.15, -0.1) is 0 Å². The number of rotatable bonds is 24. The van der Waals surface area contributed by atoms with Crippen molar-refractivity contribution >= 4 is 35.8 Å². The van der Waals surface area contributed by atoms with Crippen molar-refractivity contribution in [2.45, 2.75) is 544 Å². The SMILES string of the molecule is CC1CCC(CC2CCC(C(C)C3CCC(C)C(=O)O3)CC2)CC1.CC1CCC(CC2CCC(C(C)C3CCC(C)CC3)C(=O)O2)CC1.CC1CCC(CC2CCC(CCC3CCC(C)OC3=O)CC2)CC1.CC1CCC(CCC2CCC(C)C(=O)O2)CC1.CC1CCC(CCC2CCC(C)OC2=O)CC1.CC1CCC(CCC2CCC(CC3CCC(C)CC3)C(=O)O2)CC1. The Balaban J connectivity index is 0.000000152. The van der Waals surface area contributed by atoms with E-state index in [1.54, 1.807) is 0 Å². The van der Waals surface area contributed by atoms with Gasteiger partial charge in [-0.3, -0.25) is 28.8 Å². The van der Waals surface area contributed by atoms with Gasteiger partial charge in [-0.05, 0) is 324 Å². The molecule has 16 rings (SSSR count). The fourth-order valence-electron chi connectivity index (χ4n) is 28.0. The van der Waals surface area contributed by atoms with Crippen molar-refractivity contribution < 1.29 is 57.2 Å². The highest BCUT2D eigenvalue weighted by atomic mass is 16.6. The summed E-state index contributed by atoms with van der Waals surface area (Å²) in [5.74, 6) is 20.6. The molecule has 0 radical (unpaired) electrons. The lowest BCUT2D eigenvalue weighted by Gasteiger charge is -2.39. The van der Waals surface area contributed by atoms with E-state index in [4.69, 9.17) is 28.4 Å². The summed E-state index contributed by atoms with van der Waals surface area (Å²) in [7, 11) is 0. The van der Waals surface area contributed by atoms with Gasteiger partial charge in [0.05, 0.1) is 47.7 Å². The quantitative estimate of drug-likeness (QED) is 0.0666. The molecule has 0 amide bonds. The third kappa shape index (κ3) is 37.2. The molecular formula is C118H204O12. The van der Waals surface area contributed by atoms with Gasteiger partial charge in [-0.2, -0.15) is 0 Å². The smallest absolute Gasteiger partial charge is 0.309 e. The average Bonchev–Trinajstić information content (AvgIpc) is 0.818. The van der Waals surface area contributed by atoms with Gasteiger partial charge in [0.15, 0.2) is 0 Å². The number of hydrogen-bond acceptors (Lipinski definition) is 12. The molecule has 10 aliphatic carbocycles. The van der Waals surface area contributed by atoms with E-state index >= 15 is 0 Å². The average molecular weight is 1810 g/mol. The first-order chi connectivity index (χ1) is 62.5. The molecule has 0 aromatic rings. The maximum Gasteiger partial charge on any atom is 0.309 e. The van der Waals surface area contributed by atoms with Gasteiger partial charge < -0.3 is 28.4 Å². The first-order valence-electron chi connectivity index (χ1n) is 57.8. The van der Waals surface area contributed by atoms with Crippen LogP contribution in [0.2, 0.25) is 0 Å². The van der Waals surface area contributed by atoms with Crippen molar-refractivity contribution in [3.8, 4) is 0 Å². The highest BCUT2D eigenvalue weighted by Crippen LogP contribution is 2.48. The summed E-state index contributed by atoms with van der Waals surface area (Å²) < 4.78 is 33.7. The summed E-state index contributed by atoms with van der Waals surface area (Å²) >= 11 is 0. The molecule has 0 spiro atoms. The van der Waals surface area contributed by atoms with E-state index in [0.29, 0.717) is 11.8 Å². The zero-order chi connectivity index (χ0) is 92.6. The Kier molecular flexibility index (Phi) is 46.3. The monoisotopic (exact) mass is 1810 g/mol. The van der Waals surface area contributed by atoms with Crippen LogP contribution in [-0.4, -0.2) is 72.4 Å². The van der Waals surface area contributed by atoms with Crippen molar-refractivity contribution in [1.82, 2.24) is 0 Å². The minimum absolute atomic E-state index is 0.0264. The number of esters is 6. The fourth-order valence-corrected chi connectivity index (χ4v) is 28.0. The van der Waals surface area contributed by atoms with Crippen LogP contribution in [0.5, 0.6) is 0 Å². The van der Waals surface area contributed by atoms with Crippen molar-refractivity contribution in [2.75, 3.05) is 0 Å². The zero-order valence-electron chi connectivity index (χ0n) is 86.8. The Morgan fingerprint density at radius 3 is 0.838 bits per heavy atom. The molecule has 12 heteroatoms. The summed E-state index contributed by atoms with van der Waals surface area (Å²) in [5.41, 5.74) is 0. The molecule has 130 heavy (non-hydrogen) atoms.